The van der Waals surface area contributed by atoms with E-state index in [9.17, 15) is 19.5 Å². The molecule has 10 nitrogen and oxygen atoms in total. The molecule has 40 heavy (non-hydrogen) atoms. The number of primary amides is 1. The van der Waals surface area contributed by atoms with Crippen LogP contribution in [0.2, 0.25) is 0 Å². The number of β-amino-alcohol motifs (C(OH)–C–C–N with tert-alkyl or cyclic N) is 1. The standard InChI is InChI=1S/C30H42N6O4/c1-18(31)19(2)36(33)26(30(3,4)5)29(40)35-17-23(37)16-25(35)28(39)34-24(27(32)38)15-20-11-13-22(14-12-20)21-9-7-6-8-10-21/h6-14,23-26,37H,15-17,31,33H2,1-5H3,(H2,32,38)(H,34,39)/b19-18-. The molecule has 2 aromatic carbocycles. The molecule has 3 amide bonds. The van der Waals surface area contributed by atoms with Gasteiger partial charge in [-0.3, -0.25) is 14.4 Å². The minimum Gasteiger partial charge on any atom is -0.401 e. The molecule has 0 bridgehead atoms. The Labute approximate surface area is 236 Å². The number of carbonyl (C=O) groups excluding carboxylic acids is 3. The SMILES string of the molecule is C/C(N)=C(\C)N(N)C(C(=O)N1CC(O)CC1C(=O)NC(Cc1ccc(-c2ccccc2)cc1)C(N)=O)C(C)(C)C. The van der Waals surface area contributed by atoms with Crippen molar-refractivity contribution in [2.24, 2.45) is 22.7 Å². The molecule has 216 valence electrons. The average Bonchev–Trinajstić information content (AvgIpc) is 3.29. The Morgan fingerprint density at radius 1 is 1.02 bits per heavy atom. The van der Waals surface area contributed by atoms with Gasteiger partial charge in [0.15, 0.2) is 0 Å². The van der Waals surface area contributed by atoms with E-state index in [0.29, 0.717) is 11.4 Å². The highest BCUT2D eigenvalue weighted by atomic mass is 16.3. The second kappa shape index (κ2) is 12.5. The lowest BCUT2D eigenvalue weighted by atomic mass is 9.84. The van der Waals surface area contributed by atoms with Crippen molar-refractivity contribution in [1.82, 2.24) is 15.2 Å². The van der Waals surface area contributed by atoms with Gasteiger partial charge in [-0.1, -0.05) is 75.4 Å². The fraction of sp³-hybridized carbons (Fsp3) is 0.433. The number of hydrogen-bond donors (Lipinski definition) is 5. The van der Waals surface area contributed by atoms with Gasteiger partial charge in [0.25, 0.3) is 0 Å². The van der Waals surface area contributed by atoms with Crippen molar-refractivity contribution in [3.63, 3.8) is 0 Å². The fourth-order valence-corrected chi connectivity index (χ4v) is 4.96. The lowest BCUT2D eigenvalue weighted by molar-refractivity contribution is -0.146. The van der Waals surface area contributed by atoms with Gasteiger partial charge < -0.3 is 31.8 Å². The van der Waals surface area contributed by atoms with Gasteiger partial charge >= 0.3 is 0 Å². The van der Waals surface area contributed by atoms with Gasteiger partial charge in [0, 0.05) is 30.8 Å². The number of aliphatic hydroxyl groups is 1. The maximum Gasteiger partial charge on any atom is 0.248 e. The predicted octanol–water partition coefficient (Wildman–Crippen LogP) is 1.63. The Kier molecular flexibility index (Phi) is 9.60. The zero-order chi connectivity index (χ0) is 29.8. The minimum atomic E-state index is -1.00. The van der Waals surface area contributed by atoms with Crippen molar-refractivity contribution < 1.29 is 19.5 Å². The normalized spacial score (nSPS) is 19.4. The topological polar surface area (TPSA) is 168 Å². The van der Waals surface area contributed by atoms with Crippen LogP contribution >= 0.6 is 0 Å². The first-order valence-electron chi connectivity index (χ1n) is 13.4. The van der Waals surface area contributed by atoms with E-state index in [4.69, 9.17) is 17.3 Å². The summed E-state index contributed by atoms with van der Waals surface area (Å²) < 4.78 is 0. The number of likely N-dealkylation sites (tertiary alicyclic amines) is 1. The van der Waals surface area contributed by atoms with Crippen LogP contribution in [0.3, 0.4) is 0 Å². The highest BCUT2D eigenvalue weighted by molar-refractivity contribution is 5.93. The Hall–Kier alpha value is -3.89. The van der Waals surface area contributed by atoms with Crippen LogP contribution in [0.1, 0.15) is 46.6 Å². The second-order valence-electron chi connectivity index (χ2n) is 11.6. The maximum absolute atomic E-state index is 13.8. The lowest BCUT2D eigenvalue weighted by Gasteiger charge is -2.41. The van der Waals surface area contributed by atoms with Crippen molar-refractivity contribution in [3.8, 4) is 11.1 Å². The number of rotatable bonds is 9. The molecule has 0 radical (unpaired) electrons. The molecule has 1 saturated heterocycles. The van der Waals surface area contributed by atoms with Crippen LogP contribution in [-0.2, 0) is 20.8 Å². The first kappa shape index (κ1) is 30.6. The Morgan fingerprint density at radius 3 is 2.12 bits per heavy atom. The number of hydrogen-bond acceptors (Lipinski definition) is 7. The molecule has 1 fully saturated rings. The van der Waals surface area contributed by atoms with Crippen LogP contribution in [0.5, 0.6) is 0 Å². The van der Waals surface area contributed by atoms with Crippen molar-refractivity contribution in [2.45, 2.75) is 71.7 Å². The van der Waals surface area contributed by atoms with Gasteiger partial charge in [-0.2, -0.15) is 0 Å². The minimum absolute atomic E-state index is 0.0288. The molecule has 4 atom stereocenters. The second-order valence-corrected chi connectivity index (χ2v) is 11.6. The fourth-order valence-electron chi connectivity index (χ4n) is 4.96. The van der Waals surface area contributed by atoms with Crippen LogP contribution in [0.4, 0.5) is 0 Å². The van der Waals surface area contributed by atoms with E-state index in [0.717, 1.165) is 16.7 Å². The van der Waals surface area contributed by atoms with E-state index in [1.54, 1.807) is 13.8 Å². The summed E-state index contributed by atoms with van der Waals surface area (Å²) in [6, 6.07) is 14.7. The predicted molar refractivity (Wildman–Crippen MR) is 155 cm³/mol. The zero-order valence-corrected chi connectivity index (χ0v) is 23.9. The molecule has 10 heteroatoms. The largest absolute Gasteiger partial charge is 0.401 e. The number of nitrogens with zero attached hydrogens (tertiary/aromatic N) is 2. The zero-order valence-electron chi connectivity index (χ0n) is 23.9. The van der Waals surface area contributed by atoms with Crippen LogP contribution in [0, 0.1) is 5.41 Å². The maximum atomic E-state index is 13.8. The number of nitrogens with one attached hydrogen (secondary N) is 1. The Morgan fingerprint density at radius 2 is 1.60 bits per heavy atom. The Balaban J connectivity index is 1.78. The highest BCUT2D eigenvalue weighted by Crippen LogP contribution is 2.30. The van der Waals surface area contributed by atoms with E-state index in [1.807, 2.05) is 75.4 Å². The van der Waals surface area contributed by atoms with E-state index < -0.39 is 47.4 Å². The molecule has 0 aliphatic carbocycles. The molecule has 1 aliphatic heterocycles. The molecule has 1 aliphatic rings. The van der Waals surface area contributed by atoms with E-state index >= 15 is 0 Å². The van der Waals surface area contributed by atoms with Crippen molar-refractivity contribution in [2.75, 3.05) is 6.54 Å². The van der Waals surface area contributed by atoms with Crippen LogP contribution in [0.25, 0.3) is 11.1 Å². The molecule has 1 heterocycles. The quantitative estimate of drug-likeness (QED) is 0.233. The van der Waals surface area contributed by atoms with Gasteiger partial charge in [-0.25, -0.2) is 5.84 Å². The van der Waals surface area contributed by atoms with Gasteiger partial charge in [-0.05, 0) is 36.0 Å². The summed E-state index contributed by atoms with van der Waals surface area (Å²) in [5.74, 6) is 4.67. The molecule has 2 aromatic rings. The molecule has 0 aromatic heterocycles. The lowest BCUT2D eigenvalue weighted by Crippen LogP contribution is -2.60. The third-order valence-corrected chi connectivity index (χ3v) is 7.32. The van der Waals surface area contributed by atoms with Crippen molar-refractivity contribution in [1.29, 1.82) is 0 Å². The number of amides is 3. The van der Waals surface area contributed by atoms with E-state index in [2.05, 4.69) is 5.32 Å². The summed E-state index contributed by atoms with van der Waals surface area (Å²) in [5, 5.41) is 14.5. The molecule has 3 rings (SSSR count). The molecule has 8 N–H and O–H groups in total. The first-order chi connectivity index (χ1) is 18.7. The number of hydrazine groups is 1. The molecule has 0 saturated carbocycles. The third-order valence-electron chi connectivity index (χ3n) is 7.32. The number of aliphatic hydroxyl groups excluding tert-OH is 1. The van der Waals surface area contributed by atoms with E-state index in [1.165, 1.54) is 9.91 Å². The smallest absolute Gasteiger partial charge is 0.248 e. The summed E-state index contributed by atoms with van der Waals surface area (Å²) in [5.41, 5.74) is 14.9. The third kappa shape index (κ3) is 7.19. The Bertz CT molecular complexity index is 1240. The summed E-state index contributed by atoms with van der Waals surface area (Å²) in [6.45, 7) is 8.96. The molecule has 0 spiro atoms. The van der Waals surface area contributed by atoms with Crippen molar-refractivity contribution >= 4 is 17.7 Å². The van der Waals surface area contributed by atoms with Crippen LogP contribution in [-0.4, -0.2) is 63.5 Å². The average molecular weight is 551 g/mol. The molecule has 4 unspecified atom stereocenters. The summed E-state index contributed by atoms with van der Waals surface area (Å²) in [7, 11) is 0. The first-order valence-corrected chi connectivity index (χ1v) is 13.4. The summed E-state index contributed by atoms with van der Waals surface area (Å²) >= 11 is 0. The number of allylic oxidation sites excluding steroid dienone is 2. The highest BCUT2D eigenvalue weighted by Gasteiger charge is 2.46. The van der Waals surface area contributed by atoms with Crippen LogP contribution in [0.15, 0.2) is 66.0 Å². The number of carbonyl (C=O) groups is 3. The molecular formula is C30H42N6O4. The summed E-state index contributed by atoms with van der Waals surface area (Å²) in [6.07, 6.45) is -0.696. The number of benzene rings is 2. The monoisotopic (exact) mass is 550 g/mol. The van der Waals surface area contributed by atoms with Crippen molar-refractivity contribution in [3.05, 3.63) is 71.6 Å². The van der Waals surface area contributed by atoms with Crippen LogP contribution < -0.4 is 22.6 Å². The summed E-state index contributed by atoms with van der Waals surface area (Å²) in [4.78, 5) is 40.9. The van der Waals surface area contributed by atoms with E-state index in [-0.39, 0.29) is 19.4 Å². The van der Waals surface area contributed by atoms with Gasteiger partial charge in [0.2, 0.25) is 17.7 Å². The molecular weight excluding hydrogens is 508 g/mol. The number of nitrogens with two attached hydrogens (primary N) is 3. The van der Waals surface area contributed by atoms with Gasteiger partial charge in [0.05, 0.1) is 6.10 Å². The van der Waals surface area contributed by atoms with Gasteiger partial charge in [0.1, 0.15) is 18.1 Å². The van der Waals surface area contributed by atoms with Gasteiger partial charge in [-0.15, -0.1) is 0 Å².